The first kappa shape index (κ1) is 25.4. The van der Waals surface area contributed by atoms with Crippen LogP contribution in [0.15, 0.2) is 48.7 Å². The van der Waals surface area contributed by atoms with Crippen LogP contribution in [-0.4, -0.2) is 76.3 Å². The maximum absolute atomic E-state index is 13.1. The monoisotopic (exact) mass is 529 g/mol. The third kappa shape index (κ3) is 4.73. The molecule has 1 aromatic carbocycles. The van der Waals surface area contributed by atoms with Crippen molar-refractivity contribution in [2.45, 2.75) is 74.5 Å². The standard InChI is InChI=1S/C28H34F3N5O2/c29-28(30,31)19-4-3-5-22(16-19)34-17-20(18-34)33-26(37)36-15-10-23-24(36)9-14-35(23)21-7-11-27(38,12-8-21)25-6-1-2-13-32-25/h1-6,13,16,20-21,23-24,38H,7-12,14-15,17-18H2,(H,33,37)/t21?,23-,24-,27?/m1/s1. The van der Waals surface area contributed by atoms with E-state index in [9.17, 15) is 23.1 Å². The summed E-state index contributed by atoms with van der Waals surface area (Å²) in [4.78, 5) is 23.9. The number of hydrogen-bond acceptors (Lipinski definition) is 5. The van der Waals surface area contributed by atoms with Crippen molar-refractivity contribution < 1.29 is 23.1 Å². The fraction of sp³-hybridized carbons (Fsp3) is 0.571. The SMILES string of the molecule is O=C(NC1CN(c2cccc(C(F)(F)F)c2)C1)N1CC[C@@H]2[C@H]1CCN2C1CCC(O)(c2ccccn2)CC1. The maximum atomic E-state index is 13.1. The largest absolute Gasteiger partial charge is 0.416 e. The molecule has 1 aliphatic carbocycles. The molecule has 2 N–H and O–H groups in total. The number of aromatic nitrogens is 1. The van der Waals surface area contributed by atoms with Crippen LogP contribution >= 0.6 is 0 Å². The molecule has 2 aromatic rings. The van der Waals surface area contributed by atoms with Crippen LogP contribution in [0.4, 0.5) is 23.7 Å². The second-order valence-corrected chi connectivity index (χ2v) is 11.2. The van der Waals surface area contributed by atoms with Gasteiger partial charge < -0.3 is 20.2 Å². The van der Waals surface area contributed by atoms with Gasteiger partial charge >= 0.3 is 12.2 Å². The number of amides is 2. The molecule has 1 aromatic heterocycles. The first-order chi connectivity index (χ1) is 18.2. The number of pyridine rings is 1. The Kier molecular flexibility index (Phi) is 6.50. The zero-order valence-electron chi connectivity index (χ0n) is 21.3. The number of likely N-dealkylation sites (tertiary alicyclic amines) is 2. The minimum Gasteiger partial charge on any atom is -0.384 e. The summed E-state index contributed by atoms with van der Waals surface area (Å²) in [5, 5.41) is 14.3. The highest BCUT2D eigenvalue weighted by Gasteiger charge is 2.48. The Morgan fingerprint density at radius 3 is 2.47 bits per heavy atom. The summed E-state index contributed by atoms with van der Waals surface area (Å²) in [6.07, 6.45) is 2.46. The molecule has 2 atom stereocenters. The van der Waals surface area contributed by atoms with Gasteiger partial charge in [0.2, 0.25) is 0 Å². The normalized spacial score (nSPS) is 30.3. The van der Waals surface area contributed by atoms with Crippen LogP contribution in [0.3, 0.4) is 0 Å². The predicted octanol–water partition coefficient (Wildman–Crippen LogP) is 3.98. The fourth-order valence-corrected chi connectivity index (χ4v) is 6.95. The van der Waals surface area contributed by atoms with E-state index >= 15 is 0 Å². The van der Waals surface area contributed by atoms with Crippen molar-refractivity contribution in [2.75, 3.05) is 31.1 Å². The highest BCUT2D eigenvalue weighted by Crippen LogP contribution is 2.42. The number of halogens is 3. The number of aliphatic hydroxyl groups is 1. The smallest absolute Gasteiger partial charge is 0.384 e. The quantitative estimate of drug-likeness (QED) is 0.627. The lowest BCUT2D eigenvalue weighted by Gasteiger charge is -2.42. The first-order valence-electron chi connectivity index (χ1n) is 13.6. The van der Waals surface area contributed by atoms with Crippen molar-refractivity contribution in [1.29, 1.82) is 0 Å². The highest BCUT2D eigenvalue weighted by atomic mass is 19.4. The van der Waals surface area contributed by atoms with Gasteiger partial charge in [-0.05, 0) is 68.9 Å². The molecule has 3 aliphatic heterocycles. The molecule has 2 amide bonds. The Balaban J connectivity index is 1.00. The maximum Gasteiger partial charge on any atom is 0.416 e. The van der Waals surface area contributed by atoms with Crippen LogP contribution in [0.5, 0.6) is 0 Å². The van der Waals surface area contributed by atoms with E-state index in [-0.39, 0.29) is 18.1 Å². The van der Waals surface area contributed by atoms with Crippen LogP contribution < -0.4 is 10.2 Å². The molecule has 0 unspecified atom stereocenters. The number of benzene rings is 1. The Labute approximate surface area is 220 Å². The molecule has 204 valence electrons. The van der Waals surface area contributed by atoms with Crippen LogP contribution in [0, 0.1) is 0 Å². The van der Waals surface area contributed by atoms with E-state index in [4.69, 9.17) is 0 Å². The zero-order chi connectivity index (χ0) is 26.5. The van der Waals surface area contributed by atoms with Crippen molar-refractivity contribution in [1.82, 2.24) is 20.1 Å². The molecule has 0 spiro atoms. The van der Waals surface area contributed by atoms with Gasteiger partial charge in [0.1, 0.15) is 5.60 Å². The van der Waals surface area contributed by atoms with Crippen molar-refractivity contribution >= 4 is 11.7 Å². The summed E-state index contributed by atoms with van der Waals surface area (Å²) >= 11 is 0. The number of fused-ring (bicyclic) bond motifs is 1. The minimum absolute atomic E-state index is 0.0683. The van der Waals surface area contributed by atoms with E-state index in [0.29, 0.717) is 50.2 Å². The van der Waals surface area contributed by atoms with Gasteiger partial charge in [-0.2, -0.15) is 13.2 Å². The van der Waals surface area contributed by atoms with Crippen LogP contribution in [-0.2, 0) is 11.8 Å². The molecule has 0 radical (unpaired) electrons. The molecule has 4 fully saturated rings. The molecule has 3 saturated heterocycles. The number of rotatable bonds is 4. The second kappa shape index (κ2) is 9.72. The van der Waals surface area contributed by atoms with Gasteiger partial charge in [-0.3, -0.25) is 9.88 Å². The van der Waals surface area contributed by atoms with Crippen LogP contribution in [0.2, 0.25) is 0 Å². The summed E-state index contributed by atoms with van der Waals surface area (Å²) in [6, 6.07) is 11.8. The number of carbonyl (C=O) groups is 1. The van der Waals surface area contributed by atoms with Crippen molar-refractivity contribution in [3.05, 3.63) is 59.9 Å². The lowest BCUT2D eigenvalue weighted by atomic mass is 9.79. The van der Waals surface area contributed by atoms with Gasteiger partial charge in [-0.1, -0.05) is 12.1 Å². The van der Waals surface area contributed by atoms with Crippen molar-refractivity contribution in [3.63, 3.8) is 0 Å². The molecule has 10 heteroatoms. The van der Waals surface area contributed by atoms with Crippen LogP contribution in [0.1, 0.15) is 49.8 Å². The third-order valence-electron chi connectivity index (χ3n) is 9.02. The molecular weight excluding hydrogens is 495 g/mol. The molecule has 7 nitrogen and oxygen atoms in total. The van der Waals surface area contributed by atoms with Gasteiger partial charge in [0.15, 0.2) is 0 Å². The third-order valence-corrected chi connectivity index (χ3v) is 9.02. The van der Waals surface area contributed by atoms with Crippen molar-refractivity contribution in [3.8, 4) is 0 Å². The van der Waals surface area contributed by atoms with Gasteiger partial charge in [0, 0.05) is 50.1 Å². The van der Waals surface area contributed by atoms with Gasteiger partial charge in [-0.25, -0.2) is 4.79 Å². The molecule has 0 bridgehead atoms. The molecular formula is C28H34F3N5O2. The minimum atomic E-state index is -4.37. The number of anilines is 1. The fourth-order valence-electron chi connectivity index (χ4n) is 6.95. The molecule has 4 heterocycles. The topological polar surface area (TPSA) is 71.9 Å². The predicted molar refractivity (Wildman–Crippen MR) is 137 cm³/mol. The molecule has 38 heavy (non-hydrogen) atoms. The number of alkyl halides is 3. The molecule has 4 aliphatic rings. The Morgan fingerprint density at radius 2 is 1.76 bits per heavy atom. The molecule has 6 rings (SSSR count). The number of hydrogen-bond donors (Lipinski definition) is 2. The Bertz CT molecular complexity index is 1150. The summed E-state index contributed by atoms with van der Waals surface area (Å²) in [5.74, 6) is 0. The Morgan fingerprint density at radius 1 is 1.00 bits per heavy atom. The van der Waals surface area contributed by atoms with Gasteiger partial charge in [-0.15, -0.1) is 0 Å². The summed E-state index contributed by atoms with van der Waals surface area (Å²) in [5.41, 5.74) is -0.233. The summed E-state index contributed by atoms with van der Waals surface area (Å²) in [6.45, 7) is 2.68. The van der Waals surface area contributed by atoms with E-state index < -0.39 is 17.3 Å². The number of nitrogens with zero attached hydrogens (tertiary/aromatic N) is 4. The number of urea groups is 1. The van der Waals surface area contributed by atoms with E-state index in [2.05, 4.69) is 15.2 Å². The average molecular weight is 530 g/mol. The first-order valence-corrected chi connectivity index (χ1v) is 13.6. The lowest BCUT2D eigenvalue weighted by Crippen LogP contribution is -2.62. The highest BCUT2D eigenvalue weighted by molar-refractivity contribution is 5.76. The molecule has 1 saturated carbocycles. The van der Waals surface area contributed by atoms with E-state index in [1.54, 1.807) is 12.3 Å². The van der Waals surface area contributed by atoms with Gasteiger partial charge in [0.05, 0.1) is 23.3 Å². The van der Waals surface area contributed by atoms with E-state index in [1.165, 1.54) is 12.1 Å². The van der Waals surface area contributed by atoms with Crippen molar-refractivity contribution in [2.24, 2.45) is 0 Å². The second-order valence-electron chi connectivity index (χ2n) is 11.2. The lowest BCUT2D eigenvalue weighted by molar-refractivity contribution is -0.137. The Hall–Kier alpha value is -2.85. The number of carbonyl (C=O) groups excluding carboxylic acids is 1. The zero-order valence-corrected chi connectivity index (χ0v) is 21.3. The van der Waals surface area contributed by atoms with Gasteiger partial charge in [0.25, 0.3) is 0 Å². The average Bonchev–Trinajstić information content (AvgIpc) is 3.49. The summed E-state index contributed by atoms with van der Waals surface area (Å²) < 4.78 is 39.1. The van der Waals surface area contributed by atoms with Crippen LogP contribution in [0.25, 0.3) is 0 Å². The summed E-state index contributed by atoms with van der Waals surface area (Å²) in [7, 11) is 0. The van der Waals surface area contributed by atoms with E-state index in [1.807, 2.05) is 28.0 Å². The van der Waals surface area contributed by atoms with E-state index in [0.717, 1.165) is 44.0 Å². The number of nitrogens with one attached hydrogen (secondary N) is 1.